The smallest absolute Gasteiger partial charge is 0.340 e. The van der Waals surface area contributed by atoms with E-state index in [0.29, 0.717) is 16.4 Å². The third kappa shape index (κ3) is 2.99. The minimum Gasteiger partial charge on any atom is -0.456 e. The number of halogens is 1. The molecule has 0 saturated heterocycles. The molecule has 1 aromatic heterocycles. The maximum Gasteiger partial charge on any atom is 0.340 e. The van der Waals surface area contributed by atoms with E-state index >= 15 is 0 Å². The van der Waals surface area contributed by atoms with Crippen LogP contribution in [0.25, 0.3) is 0 Å². The number of benzene rings is 1. The number of nitrogen functional groups attached to an aromatic ring is 1. The van der Waals surface area contributed by atoms with Crippen LogP contribution < -0.4 is 5.73 Å². The summed E-state index contributed by atoms with van der Waals surface area (Å²) in [5, 5.41) is 0.315. The third-order valence-electron chi connectivity index (χ3n) is 2.29. The van der Waals surface area contributed by atoms with Crippen LogP contribution in [0.1, 0.15) is 16.1 Å². The molecule has 4 nitrogen and oxygen atoms in total. The summed E-state index contributed by atoms with van der Waals surface area (Å²) in [7, 11) is 0. The summed E-state index contributed by atoms with van der Waals surface area (Å²) in [6.07, 6.45) is 1.64. The van der Waals surface area contributed by atoms with Crippen molar-refractivity contribution in [1.82, 2.24) is 4.98 Å². The van der Waals surface area contributed by atoms with E-state index in [2.05, 4.69) is 4.98 Å². The Labute approximate surface area is 109 Å². The van der Waals surface area contributed by atoms with E-state index in [4.69, 9.17) is 22.1 Å². The number of ether oxygens (including phenoxy) is 1. The van der Waals surface area contributed by atoms with Crippen molar-refractivity contribution >= 4 is 23.3 Å². The standard InChI is InChI=1S/C13H11ClN2O2/c14-12-5-4-9(15)7-11(12)13(17)18-8-10-3-1-2-6-16-10/h1-7H,8,15H2. The van der Waals surface area contributed by atoms with Crippen LogP contribution in [-0.4, -0.2) is 11.0 Å². The first kappa shape index (κ1) is 12.4. The van der Waals surface area contributed by atoms with Crippen LogP contribution in [0.3, 0.4) is 0 Å². The van der Waals surface area contributed by atoms with Crippen LogP contribution in [0.5, 0.6) is 0 Å². The molecule has 18 heavy (non-hydrogen) atoms. The zero-order chi connectivity index (χ0) is 13.0. The number of rotatable bonds is 3. The molecule has 0 radical (unpaired) electrons. The number of nitrogens with two attached hydrogens (primary N) is 1. The average Bonchev–Trinajstić information content (AvgIpc) is 2.40. The van der Waals surface area contributed by atoms with E-state index in [9.17, 15) is 4.79 Å². The van der Waals surface area contributed by atoms with Crippen LogP contribution in [0.4, 0.5) is 5.69 Å². The summed E-state index contributed by atoms with van der Waals surface area (Å²) >= 11 is 5.90. The molecule has 1 heterocycles. The lowest BCUT2D eigenvalue weighted by atomic mass is 10.2. The molecular formula is C13H11ClN2O2. The summed E-state index contributed by atoms with van der Waals surface area (Å²) in [4.78, 5) is 15.9. The van der Waals surface area contributed by atoms with E-state index in [-0.39, 0.29) is 12.2 Å². The molecule has 0 aliphatic heterocycles. The normalized spacial score (nSPS) is 10.1. The molecule has 0 fully saturated rings. The predicted molar refractivity (Wildman–Crippen MR) is 69.2 cm³/mol. The van der Waals surface area contributed by atoms with Gasteiger partial charge in [0, 0.05) is 11.9 Å². The topological polar surface area (TPSA) is 65.2 Å². The molecule has 0 bridgehead atoms. The molecular weight excluding hydrogens is 252 g/mol. The Kier molecular flexibility index (Phi) is 3.79. The van der Waals surface area contributed by atoms with Gasteiger partial charge in [-0.1, -0.05) is 17.7 Å². The van der Waals surface area contributed by atoms with E-state index in [1.54, 1.807) is 30.5 Å². The van der Waals surface area contributed by atoms with Crippen molar-refractivity contribution in [1.29, 1.82) is 0 Å². The number of esters is 1. The van der Waals surface area contributed by atoms with Crippen LogP contribution in [0.15, 0.2) is 42.6 Å². The summed E-state index contributed by atoms with van der Waals surface area (Å²) in [6, 6.07) is 10.1. The highest BCUT2D eigenvalue weighted by Gasteiger charge is 2.12. The second-order valence-electron chi connectivity index (χ2n) is 3.64. The number of carbonyl (C=O) groups is 1. The van der Waals surface area contributed by atoms with E-state index < -0.39 is 5.97 Å². The fourth-order valence-electron chi connectivity index (χ4n) is 1.40. The minimum atomic E-state index is -0.516. The molecule has 0 saturated carbocycles. The van der Waals surface area contributed by atoms with Crippen molar-refractivity contribution < 1.29 is 9.53 Å². The van der Waals surface area contributed by atoms with Gasteiger partial charge in [-0.2, -0.15) is 0 Å². The molecule has 0 aliphatic rings. The monoisotopic (exact) mass is 262 g/mol. The lowest BCUT2D eigenvalue weighted by Gasteiger charge is -2.06. The number of pyridine rings is 1. The summed E-state index contributed by atoms with van der Waals surface area (Å²) in [5.74, 6) is -0.516. The molecule has 5 heteroatoms. The van der Waals surface area contributed by atoms with Crippen molar-refractivity contribution in [3.05, 3.63) is 58.9 Å². The van der Waals surface area contributed by atoms with Crippen molar-refractivity contribution in [2.75, 3.05) is 5.73 Å². The van der Waals surface area contributed by atoms with E-state index in [0.717, 1.165) is 0 Å². The van der Waals surface area contributed by atoms with Gasteiger partial charge in [-0.3, -0.25) is 4.98 Å². The average molecular weight is 263 g/mol. The highest BCUT2D eigenvalue weighted by Crippen LogP contribution is 2.20. The molecule has 0 aliphatic carbocycles. The lowest BCUT2D eigenvalue weighted by Crippen LogP contribution is -2.07. The largest absolute Gasteiger partial charge is 0.456 e. The zero-order valence-electron chi connectivity index (χ0n) is 9.47. The number of aromatic nitrogens is 1. The van der Waals surface area contributed by atoms with Crippen molar-refractivity contribution in [2.24, 2.45) is 0 Å². The van der Waals surface area contributed by atoms with Crippen molar-refractivity contribution in [3.8, 4) is 0 Å². The molecule has 0 spiro atoms. The number of anilines is 1. The minimum absolute atomic E-state index is 0.102. The molecule has 92 valence electrons. The van der Waals surface area contributed by atoms with Gasteiger partial charge in [0.25, 0.3) is 0 Å². The number of hydrogen-bond acceptors (Lipinski definition) is 4. The number of hydrogen-bond donors (Lipinski definition) is 1. The first-order valence-corrected chi connectivity index (χ1v) is 5.66. The lowest BCUT2D eigenvalue weighted by molar-refractivity contribution is 0.0468. The third-order valence-corrected chi connectivity index (χ3v) is 2.62. The molecule has 0 amide bonds. The fourth-order valence-corrected chi connectivity index (χ4v) is 1.59. The summed E-state index contributed by atoms with van der Waals surface area (Å²) < 4.78 is 5.11. The summed E-state index contributed by atoms with van der Waals surface area (Å²) in [5.41, 5.74) is 6.99. The molecule has 2 N–H and O–H groups in total. The Bertz CT molecular complexity index is 558. The zero-order valence-corrected chi connectivity index (χ0v) is 10.2. The van der Waals surface area contributed by atoms with Crippen molar-refractivity contribution in [3.63, 3.8) is 0 Å². The second kappa shape index (κ2) is 5.51. The Morgan fingerprint density at radius 2 is 2.17 bits per heavy atom. The van der Waals surface area contributed by atoms with Gasteiger partial charge >= 0.3 is 5.97 Å². The Hall–Kier alpha value is -2.07. The summed E-state index contributed by atoms with van der Waals surface area (Å²) in [6.45, 7) is 0.102. The molecule has 2 aromatic rings. The maximum absolute atomic E-state index is 11.8. The van der Waals surface area contributed by atoms with Gasteiger partial charge in [0.05, 0.1) is 16.3 Å². The Balaban J connectivity index is 2.06. The second-order valence-corrected chi connectivity index (χ2v) is 4.04. The Morgan fingerprint density at radius 1 is 1.33 bits per heavy atom. The highest BCUT2D eigenvalue weighted by atomic mass is 35.5. The van der Waals surface area contributed by atoms with E-state index in [1.807, 2.05) is 6.07 Å². The van der Waals surface area contributed by atoms with Gasteiger partial charge in [0.15, 0.2) is 0 Å². The van der Waals surface area contributed by atoms with Gasteiger partial charge in [0.2, 0.25) is 0 Å². The van der Waals surface area contributed by atoms with Gasteiger partial charge in [-0.25, -0.2) is 4.79 Å². The van der Waals surface area contributed by atoms with Crippen LogP contribution >= 0.6 is 11.6 Å². The van der Waals surface area contributed by atoms with Crippen LogP contribution in [0.2, 0.25) is 5.02 Å². The van der Waals surface area contributed by atoms with Crippen LogP contribution in [-0.2, 0) is 11.3 Å². The van der Waals surface area contributed by atoms with Crippen molar-refractivity contribution in [2.45, 2.75) is 6.61 Å². The quantitative estimate of drug-likeness (QED) is 0.682. The number of nitrogens with zero attached hydrogens (tertiary/aromatic N) is 1. The SMILES string of the molecule is Nc1ccc(Cl)c(C(=O)OCc2ccccn2)c1. The van der Waals surface area contributed by atoms with Crippen LogP contribution in [0, 0.1) is 0 Å². The first-order chi connectivity index (χ1) is 8.66. The first-order valence-electron chi connectivity index (χ1n) is 5.29. The predicted octanol–water partition coefficient (Wildman–Crippen LogP) is 2.67. The van der Waals surface area contributed by atoms with E-state index in [1.165, 1.54) is 6.07 Å². The molecule has 2 rings (SSSR count). The Morgan fingerprint density at radius 3 is 2.89 bits per heavy atom. The van der Waals surface area contributed by atoms with Gasteiger partial charge < -0.3 is 10.5 Å². The van der Waals surface area contributed by atoms with Gasteiger partial charge in [-0.15, -0.1) is 0 Å². The molecule has 0 atom stereocenters. The fraction of sp³-hybridized carbons (Fsp3) is 0.0769. The molecule has 1 aromatic carbocycles. The van der Waals surface area contributed by atoms with Gasteiger partial charge in [-0.05, 0) is 30.3 Å². The maximum atomic E-state index is 11.8. The van der Waals surface area contributed by atoms with Gasteiger partial charge in [0.1, 0.15) is 6.61 Å². The molecule has 0 unspecified atom stereocenters. The highest BCUT2D eigenvalue weighted by molar-refractivity contribution is 6.33. The number of carbonyl (C=O) groups excluding carboxylic acids is 1.